The van der Waals surface area contributed by atoms with Crippen molar-refractivity contribution in [2.45, 2.75) is 19.4 Å². The van der Waals surface area contributed by atoms with Crippen LogP contribution < -0.4 is 5.73 Å². The molecule has 0 aliphatic carbocycles. The molecule has 1 aromatic rings. The van der Waals surface area contributed by atoms with Crippen molar-refractivity contribution >= 4 is 0 Å². The summed E-state index contributed by atoms with van der Waals surface area (Å²) < 4.78 is 0. The molecule has 0 fully saturated rings. The van der Waals surface area contributed by atoms with Gasteiger partial charge >= 0.3 is 0 Å². The van der Waals surface area contributed by atoms with Gasteiger partial charge in [-0.2, -0.15) is 0 Å². The van der Waals surface area contributed by atoms with Gasteiger partial charge in [-0.1, -0.05) is 6.07 Å². The van der Waals surface area contributed by atoms with Crippen LogP contribution in [0.4, 0.5) is 0 Å². The monoisotopic (exact) mass is 149 g/mol. The van der Waals surface area contributed by atoms with E-state index in [4.69, 9.17) is 5.73 Å². The zero-order chi connectivity index (χ0) is 8.27. The van der Waals surface area contributed by atoms with E-state index in [9.17, 15) is 0 Å². The lowest BCUT2D eigenvalue weighted by molar-refractivity contribution is 0.772. The van der Waals surface area contributed by atoms with Crippen LogP contribution in [0.25, 0.3) is 0 Å². The van der Waals surface area contributed by atoms with Gasteiger partial charge < -0.3 is 5.73 Å². The molecule has 1 atom stereocenters. The predicted octanol–water partition coefficient (Wildman–Crippen LogP) is 1.48. The smallest absolute Gasteiger partial charge is 0.0571 e. The summed E-state index contributed by atoms with van der Waals surface area (Å²) in [4.78, 5) is 4.30. The Morgan fingerprint density at radius 2 is 2.36 bits per heavy atom. The van der Waals surface area contributed by atoms with Crippen molar-refractivity contribution in [3.8, 4) is 0 Å². The molecule has 0 saturated heterocycles. The van der Waals surface area contributed by atoms with Crippen LogP contribution in [0.5, 0.6) is 0 Å². The quantitative estimate of drug-likeness (QED) is 0.691. The molecule has 1 aromatic heterocycles. The highest BCUT2D eigenvalue weighted by atomic mass is 14.8. The van der Waals surface area contributed by atoms with E-state index in [1.807, 2.05) is 25.1 Å². The normalized spacial score (nSPS) is 13.0. The van der Waals surface area contributed by atoms with Gasteiger partial charge in [0.15, 0.2) is 0 Å². The molecule has 1 radical (unpaired) electrons. The summed E-state index contributed by atoms with van der Waals surface area (Å²) in [5, 5.41) is 0. The maximum atomic E-state index is 5.65. The van der Waals surface area contributed by atoms with Gasteiger partial charge in [-0.3, -0.25) is 4.98 Å². The number of aromatic nitrogens is 1. The molecule has 59 valence electrons. The lowest BCUT2D eigenvalue weighted by Gasteiger charge is -2.04. The summed E-state index contributed by atoms with van der Waals surface area (Å²) in [7, 11) is 0. The second-order valence-electron chi connectivity index (χ2n) is 2.59. The third kappa shape index (κ3) is 2.02. The average Bonchev–Trinajstić information content (AvgIpc) is 2.05. The fourth-order valence-corrected chi connectivity index (χ4v) is 0.891. The maximum absolute atomic E-state index is 5.65. The summed E-state index contributed by atoms with van der Waals surface area (Å²) in [5.74, 6) is 0. The van der Waals surface area contributed by atoms with E-state index in [1.54, 1.807) is 0 Å². The molecule has 0 aromatic carbocycles. The van der Waals surface area contributed by atoms with Crippen LogP contribution in [0.3, 0.4) is 0 Å². The summed E-state index contributed by atoms with van der Waals surface area (Å²) >= 11 is 0. The molecule has 0 bridgehead atoms. The van der Waals surface area contributed by atoms with E-state index < -0.39 is 0 Å². The molecule has 2 nitrogen and oxygen atoms in total. The Kier molecular flexibility index (Phi) is 2.60. The average molecular weight is 149 g/mol. The zero-order valence-corrected chi connectivity index (χ0v) is 6.75. The largest absolute Gasteiger partial charge is 0.323 e. The first-order valence-corrected chi connectivity index (χ1v) is 3.74. The van der Waals surface area contributed by atoms with Gasteiger partial charge in [-0.05, 0) is 32.4 Å². The molecule has 0 amide bonds. The minimum atomic E-state index is 0.0153. The van der Waals surface area contributed by atoms with E-state index in [-0.39, 0.29) is 6.04 Å². The van der Waals surface area contributed by atoms with E-state index in [2.05, 4.69) is 11.9 Å². The van der Waals surface area contributed by atoms with E-state index in [0.717, 1.165) is 17.8 Å². The summed E-state index contributed by atoms with van der Waals surface area (Å²) in [6, 6.07) is 5.87. The van der Waals surface area contributed by atoms with Crippen LogP contribution in [0.15, 0.2) is 18.2 Å². The molecule has 2 N–H and O–H groups in total. The topological polar surface area (TPSA) is 38.9 Å². The van der Waals surface area contributed by atoms with E-state index in [1.165, 1.54) is 0 Å². The van der Waals surface area contributed by atoms with Gasteiger partial charge in [0.2, 0.25) is 0 Å². The number of hydrogen-bond acceptors (Lipinski definition) is 2. The van der Waals surface area contributed by atoms with Gasteiger partial charge in [-0.25, -0.2) is 0 Å². The Labute approximate surface area is 67.5 Å². The van der Waals surface area contributed by atoms with Crippen LogP contribution >= 0.6 is 0 Å². The van der Waals surface area contributed by atoms with E-state index in [0.29, 0.717) is 0 Å². The Morgan fingerprint density at radius 1 is 1.64 bits per heavy atom. The first kappa shape index (κ1) is 8.21. The molecule has 11 heavy (non-hydrogen) atoms. The molecule has 0 spiro atoms. The molecule has 0 saturated carbocycles. The Hall–Kier alpha value is -0.890. The van der Waals surface area contributed by atoms with E-state index >= 15 is 0 Å². The molecular formula is C9H13N2. The molecule has 0 aliphatic heterocycles. The van der Waals surface area contributed by atoms with Gasteiger partial charge in [0.25, 0.3) is 0 Å². The van der Waals surface area contributed by atoms with Crippen LogP contribution in [0.2, 0.25) is 0 Å². The van der Waals surface area contributed by atoms with Crippen molar-refractivity contribution in [2.75, 3.05) is 0 Å². The number of rotatable bonds is 2. The van der Waals surface area contributed by atoms with Gasteiger partial charge in [0.05, 0.1) is 5.69 Å². The van der Waals surface area contributed by atoms with Crippen LogP contribution in [-0.4, -0.2) is 4.98 Å². The zero-order valence-electron chi connectivity index (χ0n) is 6.75. The molecular weight excluding hydrogens is 136 g/mol. The van der Waals surface area contributed by atoms with Crippen LogP contribution in [-0.2, 0) is 6.42 Å². The fourth-order valence-electron chi connectivity index (χ4n) is 0.891. The second kappa shape index (κ2) is 3.49. The van der Waals surface area contributed by atoms with Gasteiger partial charge in [0, 0.05) is 11.7 Å². The second-order valence-corrected chi connectivity index (χ2v) is 2.59. The Bertz CT molecular complexity index is 231. The first-order valence-electron chi connectivity index (χ1n) is 3.74. The lowest BCUT2D eigenvalue weighted by Crippen LogP contribution is -2.07. The molecule has 0 aliphatic rings. The minimum absolute atomic E-state index is 0.0153. The summed E-state index contributed by atoms with van der Waals surface area (Å²) in [6.07, 6.45) is 0.723. The molecule has 1 rings (SSSR count). The van der Waals surface area contributed by atoms with Gasteiger partial charge in [0.1, 0.15) is 0 Å². The molecule has 2 heteroatoms. The van der Waals surface area contributed by atoms with Crippen molar-refractivity contribution in [3.63, 3.8) is 0 Å². The van der Waals surface area contributed by atoms with Crippen molar-refractivity contribution < 1.29 is 0 Å². The number of nitrogens with zero attached hydrogens (tertiary/aromatic N) is 1. The van der Waals surface area contributed by atoms with Crippen molar-refractivity contribution in [1.29, 1.82) is 0 Å². The number of hydrogen-bond donors (Lipinski definition) is 1. The Balaban J connectivity index is 2.91. The molecule has 1 unspecified atom stereocenters. The first-order chi connectivity index (χ1) is 5.24. The predicted molar refractivity (Wildman–Crippen MR) is 45.9 cm³/mol. The minimum Gasteiger partial charge on any atom is -0.323 e. The van der Waals surface area contributed by atoms with Gasteiger partial charge in [-0.15, -0.1) is 0 Å². The maximum Gasteiger partial charge on any atom is 0.0571 e. The summed E-state index contributed by atoms with van der Waals surface area (Å²) in [5.41, 5.74) is 7.59. The summed E-state index contributed by atoms with van der Waals surface area (Å²) in [6.45, 7) is 5.68. The number of nitrogens with two attached hydrogens (primary N) is 1. The van der Waals surface area contributed by atoms with Crippen molar-refractivity contribution in [2.24, 2.45) is 5.73 Å². The third-order valence-corrected chi connectivity index (χ3v) is 1.55. The highest BCUT2D eigenvalue weighted by molar-refractivity contribution is 5.13. The highest BCUT2D eigenvalue weighted by Crippen LogP contribution is 2.06. The fraction of sp³-hybridized carbons (Fsp3) is 0.333. The molecule has 1 heterocycles. The lowest BCUT2D eigenvalue weighted by atomic mass is 10.2. The van der Waals surface area contributed by atoms with Crippen molar-refractivity contribution in [1.82, 2.24) is 4.98 Å². The van der Waals surface area contributed by atoms with Crippen molar-refractivity contribution in [3.05, 3.63) is 36.5 Å². The SMILES string of the molecule is [CH2]Cc1cccc(C(C)N)n1. The number of pyridine rings is 1. The van der Waals surface area contributed by atoms with Crippen LogP contribution in [0.1, 0.15) is 24.4 Å². The standard InChI is InChI=1S/C9H13N2/c1-3-8-5-4-6-9(11-8)7(2)10/h4-7H,1,3,10H2,2H3. The highest BCUT2D eigenvalue weighted by Gasteiger charge is 1.99. The van der Waals surface area contributed by atoms with Crippen LogP contribution in [0, 0.1) is 6.92 Å². The third-order valence-electron chi connectivity index (χ3n) is 1.55. The Morgan fingerprint density at radius 3 is 2.91 bits per heavy atom.